The van der Waals surface area contributed by atoms with Crippen molar-refractivity contribution in [3.8, 4) is 0 Å². The number of rotatable bonds is 32. The average Bonchev–Trinajstić information content (AvgIpc) is 1.93. The van der Waals surface area contributed by atoms with Crippen LogP contribution in [0.4, 0.5) is 70.2 Å². The third kappa shape index (κ3) is 35.5. The lowest BCUT2D eigenvalue weighted by atomic mass is 9.88. The summed E-state index contributed by atoms with van der Waals surface area (Å²) in [7, 11) is 0. The van der Waals surface area contributed by atoms with Gasteiger partial charge in [0.05, 0.1) is 48.3 Å². The summed E-state index contributed by atoms with van der Waals surface area (Å²) < 4.78 is 233. The number of hydrogen-bond acceptors (Lipinski definition) is 16. The van der Waals surface area contributed by atoms with Gasteiger partial charge in [-0.1, -0.05) is 83.1 Å². The largest absolute Gasteiger partial charge is 0.459 e. The lowest BCUT2D eigenvalue weighted by Crippen LogP contribution is -2.43. The lowest BCUT2D eigenvalue weighted by Gasteiger charge is -2.34. The number of halogens is 16. The van der Waals surface area contributed by atoms with Gasteiger partial charge in [-0.25, -0.2) is 0 Å². The van der Waals surface area contributed by atoms with Crippen LogP contribution in [0.2, 0.25) is 0 Å². The van der Waals surface area contributed by atoms with E-state index in [9.17, 15) is 109 Å². The highest BCUT2D eigenvalue weighted by Gasteiger charge is 2.59. The molecule has 0 aliphatic heterocycles. The van der Waals surface area contributed by atoms with Gasteiger partial charge in [-0.2, -0.15) is 70.2 Å². The Morgan fingerprint density at radius 3 is 0.833 bits per heavy atom. The summed E-state index contributed by atoms with van der Waals surface area (Å²) in [6.45, 7) is 22.5. The van der Waals surface area contributed by atoms with Gasteiger partial charge in [0.1, 0.15) is 22.4 Å². The Hall–Kier alpha value is -5.36. The van der Waals surface area contributed by atoms with Gasteiger partial charge in [0.25, 0.3) is 0 Å². The van der Waals surface area contributed by atoms with Crippen molar-refractivity contribution in [3.05, 3.63) is 0 Å². The SMILES string of the molecule is CCC(C)(CC(=O)OCC(F)(F)F)OC(=O)C(C)(C)CC.CCC(C)C(=O)OC(C)(CC)CC(=O)OCC(F)(F)F.CCC(C)C(=O)OC(CC)(CC)CC(=O)OCC(F)(F)C(F)(F)F.CCC(CC)(CC(=O)OCC(F)(F)C(F)(F)F)OC(=O)C(C)(C)CC. The van der Waals surface area contributed by atoms with E-state index in [0.29, 0.717) is 38.5 Å². The van der Waals surface area contributed by atoms with Gasteiger partial charge in [-0.15, -0.1) is 0 Å². The maximum atomic E-state index is 12.8. The third-order valence-corrected chi connectivity index (χ3v) is 14.7. The summed E-state index contributed by atoms with van der Waals surface area (Å²) in [5, 5.41) is 0. The highest BCUT2D eigenvalue weighted by atomic mass is 19.4. The summed E-state index contributed by atoms with van der Waals surface area (Å²) in [6.07, 6.45) is -19.3. The van der Waals surface area contributed by atoms with Gasteiger partial charge < -0.3 is 37.9 Å². The van der Waals surface area contributed by atoms with Crippen molar-refractivity contribution in [1.29, 1.82) is 0 Å². The van der Waals surface area contributed by atoms with Crippen LogP contribution in [0.3, 0.4) is 0 Å². The van der Waals surface area contributed by atoms with Crippen molar-refractivity contribution in [2.45, 2.75) is 273 Å². The van der Waals surface area contributed by atoms with Crippen molar-refractivity contribution in [2.24, 2.45) is 22.7 Å². The second-order valence-corrected chi connectivity index (χ2v) is 23.1. The first-order chi connectivity index (χ1) is 40.4. The van der Waals surface area contributed by atoms with Crippen LogP contribution in [0.25, 0.3) is 0 Å². The Labute approximate surface area is 515 Å². The molecule has 16 nitrogen and oxygen atoms in total. The fourth-order valence-corrected chi connectivity index (χ4v) is 5.97. The maximum Gasteiger partial charge on any atom is 0.456 e. The number of ether oxygens (including phenoxy) is 8. The molecule has 0 saturated carbocycles. The highest BCUT2D eigenvalue weighted by Crippen LogP contribution is 2.38. The molecule has 0 amide bonds. The van der Waals surface area contributed by atoms with Crippen LogP contribution >= 0.6 is 0 Å². The standard InChI is InChI=1S/C16H25F5O4.C15H23F5O4.C14H23F3O4.C13H21F3O4/c1-6-13(4,5)12(23)25-14(7-2,8-3)9-11(22)24-10-15(17,18)16(19,20)21;1-5-10(4)12(22)24-13(6-2,7-3)8-11(21)23-9-14(16,17)15(18,19)20;1-6-12(3,4)11(19)21-13(5,7-2)8-10(18)20-9-14(15,16)17;1-5-9(3)11(18)20-12(4,6-2)7-10(17)19-8-13(14,15)16/h6-10H2,1-5H3;10H,5-9H2,1-4H3;6-9H2,1-5H3;9H,5-8H2,1-4H3. The monoisotopic (exact) mass is 1350 g/mol. The van der Waals surface area contributed by atoms with Crippen LogP contribution in [0, 0.1) is 22.7 Å². The number of carbonyl (C=O) groups excluding carboxylic acids is 8. The van der Waals surface area contributed by atoms with Gasteiger partial charge in [0.15, 0.2) is 26.4 Å². The summed E-state index contributed by atoms with van der Waals surface area (Å²) in [5.41, 5.74) is -6.45. The molecule has 32 heteroatoms. The quantitative estimate of drug-likeness (QED) is 0.0348. The second-order valence-electron chi connectivity index (χ2n) is 23.1. The van der Waals surface area contributed by atoms with Crippen molar-refractivity contribution < 1.29 is 146 Å². The third-order valence-electron chi connectivity index (χ3n) is 14.7. The average molecular weight is 1350 g/mol. The van der Waals surface area contributed by atoms with Crippen LogP contribution in [0.5, 0.6) is 0 Å². The van der Waals surface area contributed by atoms with E-state index in [0.717, 1.165) is 0 Å². The first-order valence-electron chi connectivity index (χ1n) is 29.0. The number of carbonyl (C=O) groups is 8. The van der Waals surface area contributed by atoms with E-state index in [2.05, 4.69) is 18.9 Å². The zero-order valence-electron chi connectivity index (χ0n) is 54.5. The molecule has 0 N–H and O–H groups in total. The maximum absolute atomic E-state index is 12.8. The first-order valence-corrected chi connectivity index (χ1v) is 29.0. The van der Waals surface area contributed by atoms with Gasteiger partial charge in [-0.05, 0) is 106 Å². The summed E-state index contributed by atoms with van der Waals surface area (Å²) >= 11 is 0. The second kappa shape index (κ2) is 38.0. The molecule has 4 atom stereocenters. The van der Waals surface area contributed by atoms with E-state index >= 15 is 0 Å². The molecule has 90 heavy (non-hydrogen) atoms. The minimum atomic E-state index is -5.81. The molecule has 0 radical (unpaired) electrons. The van der Waals surface area contributed by atoms with Crippen molar-refractivity contribution in [3.63, 3.8) is 0 Å². The van der Waals surface area contributed by atoms with E-state index < -0.39 is 176 Å². The number of hydrogen-bond donors (Lipinski definition) is 0. The molecule has 0 aliphatic rings. The minimum absolute atomic E-state index is 0.180. The molecule has 0 heterocycles. The topological polar surface area (TPSA) is 210 Å². The molecule has 4 unspecified atom stereocenters. The first kappa shape index (κ1) is 91.1. The van der Waals surface area contributed by atoms with Crippen LogP contribution in [-0.4, -0.2) is 133 Å². The summed E-state index contributed by atoms with van der Waals surface area (Å²) in [5.74, 6) is -17.8. The highest BCUT2D eigenvalue weighted by molar-refractivity contribution is 5.79. The minimum Gasteiger partial charge on any atom is -0.459 e. The molecule has 0 aromatic heterocycles. The zero-order valence-corrected chi connectivity index (χ0v) is 54.5. The van der Waals surface area contributed by atoms with Crippen LogP contribution in [-0.2, 0) is 76.3 Å². The normalized spacial score (nSPS) is 14.7. The smallest absolute Gasteiger partial charge is 0.456 e. The van der Waals surface area contributed by atoms with E-state index in [-0.39, 0.29) is 31.6 Å². The Morgan fingerprint density at radius 1 is 0.322 bits per heavy atom. The number of alkyl halides is 16. The van der Waals surface area contributed by atoms with Crippen molar-refractivity contribution in [1.82, 2.24) is 0 Å². The van der Waals surface area contributed by atoms with E-state index in [1.807, 2.05) is 13.8 Å². The fourth-order valence-electron chi connectivity index (χ4n) is 5.97. The molecule has 0 saturated heterocycles. The molecule has 0 aliphatic carbocycles. The van der Waals surface area contributed by atoms with Crippen LogP contribution in [0.1, 0.15) is 215 Å². The van der Waals surface area contributed by atoms with E-state index in [1.165, 1.54) is 13.8 Å². The molecular formula is C58H92F16O16. The number of esters is 8. The van der Waals surface area contributed by atoms with Gasteiger partial charge in [0, 0.05) is 0 Å². The van der Waals surface area contributed by atoms with Gasteiger partial charge >= 0.3 is 84.3 Å². The van der Waals surface area contributed by atoms with Crippen molar-refractivity contribution in [2.75, 3.05) is 26.4 Å². The zero-order chi connectivity index (χ0) is 72.2. The van der Waals surface area contributed by atoms with Gasteiger partial charge in [-0.3, -0.25) is 38.4 Å². The predicted octanol–water partition coefficient (Wildman–Crippen LogP) is 15.8. The van der Waals surface area contributed by atoms with E-state index in [4.69, 9.17) is 18.9 Å². The Balaban J connectivity index is -0.000000550. The summed E-state index contributed by atoms with van der Waals surface area (Å²) in [4.78, 5) is 94.0. The molecule has 0 fully saturated rings. The molecule has 0 rings (SSSR count). The van der Waals surface area contributed by atoms with Gasteiger partial charge in [0.2, 0.25) is 0 Å². The summed E-state index contributed by atoms with van der Waals surface area (Å²) in [6, 6.07) is 0. The Bertz CT molecular complexity index is 2220. The molecular weight excluding hydrogens is 1260 g/mol. The van der Waals surface area contributed by atoms with Crippen LogP contribution in [0.15, 0.2) is 0 Å². The molecule has 0 spiro atoms. The van der Waals surface area contributed by atoms with Crippen LogP contribution < -0.4 is 0 Å². The van der Waals surface area contributed by atoms with Crippen molar-refractivity contribution >= 4 is 47.8 Å². The molecule has 0 aromatic carbocycles. The Morgan fingerprint density at radius 2 is 0.578 bits per heavy atom. The Kier molecular flexibility index (Phi) is 38.4. The fraction of sp³-hybridized carbons (Fsp3) is 0.862. The van der Waals surface area contributed by atoms with E-state index in [1.54, 1.807) is 96.9 Å². The predicted molar refractivity (Wildman–Crippen MR) is 292 cm³/mol. The molecule has 0 aromatic rings. The lowest BCUT2D eigenvalue weighted by molar-refractivity contribution is -0.294. The molecule has 0 bridgehead atoms. The molecule has 532 valence electrons.